The van der Waals surface area contributed by atoms with Gasteiger partial charge in [0.2, 0.25) is 0 Å². The molecule has 0 aliphatic heterocycles. The molecule has 0 saturated carbocycles. The van der Waals surface area contributed by atoms with Crippen LogP contribution in [-0.2, 0) is 6.42 Å². The third-order valence-corrected chi connectivity index (χ3v) is 5.21. The summed E-state index contributed by atoms with van der Waals surface area (Å²) in [5.74, 6) is 1.18. The number of phenols is 1. The quantitative estimate of drug-likeness (QED) is 0.473. The van der Waals surface area contributed by atoms with E-state index in [1.54, 1.807) is 0 Å². The summed E-state index contributed by atoms with van der Waals surface area (Å²) in [5.41, 5.74) is 6.25. The Bertz CT molecular complexity index is 571. The topological polar surface area (TPSA) is 20.2 Å². The molecule has 1 nitrogen and oxygen atoms in total. The zero-order valence-electron chi connectivity index (χ0n) is 15.3. The molecule has 2 rings (SSSR count). The van der Waals surface area contributed by atoms with Crippen molar-refractivity contribution in [1.82, 2.24) is 0 Å². The van der Waals surface area contributed by atoms with Gasteiger partial charge >= 0.3 is 0 Å². The van der Waals surface area contributed by atoms with Gasteiger partial charge in [-0.3, -0.25) is 0 Å². The predicted octanol–water partition coefficient (Wildman–Crippen LogP) is 6.45. The SMILES string of the molecule is C=C(C)[C@@H]1CCC(C)=C[C@H]1c1c(C)cc(CCCCC)cc1O. The minimum Gasteiger partial charge on any atom is -0.508 e. The summed E-state index contributed by atoms with van der Waals surface area (Å²) in [6, 6.07) is 4.27. The van der Waals surface area contributed by atoms with Crippen LogP contribution in [0, 0.1) is 12.8 Å². The summed E-state index contributed by atoms with van der Waals surface area (Å²) >= 11 is 0. The lowest BCUT2D eigenvalue weighted by molar-refractivity contribution is 0.434. The summed E-state index contributed by atoms with van der Waals surface area (Å²) in [7, 11) is 0. The van der Waals surface area contributed by atoms with Crippen LogP contribution in [0.3, 0.4) is 0 Å². The van der Waals surface area contributed by atoms with Crippen LogP contribution in [0.1, 0.15) is 75.5 Å². The molecule has 23 heavy (non-hydrogen) atoms. The average molecular weight is 312 g/mol. The molecule has 1 heteroatoms. The van der Waals surface area contributed by atoms with Crippen molar-refractivity contribution in [3.63, 3.8) is 0 Å². The number of benzene rings is 1. The Labute approximate surface area is 142 Å². The van der Waals surface area contributed by atoms with E-state index in [1.165, 1.54) is 41.5 Å². The molecule has 0 radical (unpaired) electrons. The Balaban J connectivity index is 2.34. The van der Waals surface area contributed by atoms with Gasteiger partial charge in [-0.05, 0) is 69.6 Å². The molecule has 0 bridgehead atoms. The third-order valence-electron chi connectivity index (χ3n) is 5.21. The molecule has 126 valence electrons. The molecule has 1 N–H and O–H groups in total. The fraction of sp³-hybridized carbons (Fsp3) is 0.545. The number of hydrogen-bond donors (Lipinski definition) is 1. The van der Waals surface area contributed by atoms with E-state index < -0.39 is 0 Å². The highest BCUT2D eigenvalue weighted by atomic mass is 16.3. The number of phenolic OH excluding ortho intramolecular Hbond substituents is 1. The smallest absolute Gasteiger partial charge is 0.119 e. The maximum absolute atomic E-state index is 10.7. The lowest BCUT2D eigenvalue weighted by atomic mass is 9.73. The molecular formula is C22H32O. The van der Waals surface area contributed by atoms with Crippen LogP contribution in [0.25, 0.3) is 0 Å². The largest absolute Gasteiger partial charge is 0.508 e. The molecular weight excluding hydrogens is 280 g/mol. The van der Waals surface area contributed by atoms with E-state index in [0.29, 0.717) is 11.7 Å². The monoisotopic (exact) mass is 312 g/mol. The van der Waals surface area contributed by atoms with Crippen molar-refractivity contribution < 1.29 is 5.11 Å². The summed E-state index contributed by atoms with van der Waals surface area (Å²) in [5, 5.41) is 10.7. The van der Waals surface area contributed by atoms with Crippen molar-refractivity contribution in [1.29, 1.82) is 0 Å². The summed E-state index contributed by atoms with van der Waals surface area (Å²) < 4.78 is 0. The molecule has 1 aliphatic rings. The van der Waals surface area contributed by atoms with Crippen molar-refractivity contribution in [2.24, 2.45) is 5.92 Å². The molecule has 1 aromatic rings. The number of unbranched alkanes of at least 4 members (excludes halogenated alkanes) is 2. The summed E-state index contributed by atoms with van der Waals surface area (Å²) in [6.07, 6.45) is 9.38. The number of allylic oxidation sites excluding steroid dienone is 3. The molecule has 0 heterocycles. The summed E-state index contributed by atoms with van der Waals surface area (Å²) in [6.45, 7) is 12.9. The van der Waals surface area contributed by atoms with Crippen LogP contribution in [0.4, 0.5) is 0 Å². The van der Waals surface area contributed by atoms with Gasteiger partial charge in [0.15, 0.2) is 0 Å². The Morgan fingerprint density at radius 1 is 1.26 bits per heavy atom. The van der Waals surface area contributed by atoms with Crippen molar-refractivity contribution in [2.75, 3.05) is 0 Å². The fourth-order valence-electron chi connectivity index (χ4n) is 3.92. The normalized spacial score (nSPS) is 21.1. The molecule has 2 atom stereocenters. The first-order valence-corrected chi connectivity index (χ1v) is 9.09. The number of hydrogen-bond acceptors (Lipinski definition) is 1. The van der Waals surface area contributed by atoms with Gasteiger partial charge in [-0.1, -0.05) is 49.6 Å². The van der Waals surface area contributed by atoms with E-state index in [-0.39, 0.29) is 5.92 Å². The van der Waals surface area contributed by atoms with Gasteiger partial charge in [0.1, 0.15) is 5.75 Å². The highest BCUT2D eigenvalue weighted by molar-refractivity contribution is 5.48. The number of aromatic hydroxyl groups is 1. The maximum atomic E-state index is 10.7. The Morgan fingerprint density at radius 2 is 2.00 bits per heavy atom. The van der Waals surface area contributed by atoms with Crippen LogP contribution in [0.2, 0.25) is 0 Å². The van der Waals surface area contributed by atoms with E-state index in [4.69, 9.17) is 0 Å². The highest BCUT2D eigenvalue weighted by Gasteiger charge is 2.28. The van der Waals surface area contributed by atoms with E-state index in [1.807, 2.05) is 6.07 Å². The molecule has 0 fully saturated rings. The second kappa shape index (κ2) is 7.86. The Kier molecular flexibility index (Phi) is 6.10. The first-order valence-electron chi connectivity index (χ1n) is 9.09. The minimum absolute atomic E-state index is 0.269. The van der Waals surface area contributed by atoms with Gasteiger partial charge in [-0.25, -0.2) is 0 Å². The van der Waals surface area contributed by atoms with Crippen LogP contribution >= 0.6 is 0 Å². The second-order valence-electron chi connectivity index (χ2n) is 7.33. The molecule has 0 unspecified atom stereocenters. The molecule has 1 aliphatic carbocycles. The molecule has 0 amide bonds. The maximum Gasteiger partial charge on any atom is 0.119 e. The van der Waals surface area contributed by atoms with Crippen LogP contribution < -0.4 is 0 Å². The zero-order valence-corrected chi connectivity index (χ0v) is 15.3. The van der Waals surface area contributed by atoms with Crippen LogP contribution in [0.15, 0.2) is 35.9 Å². The standard InChI is InChI=1S/C22H32O/c1-6-7-8-9-18-13-17(5)22(21(23)14-18)20-12-16(4)10-11-19(20)15(2)3/h12-14,19-20,23H,2,6-11H2,1,3-5H3/t19-,20+/m0/s1. The van der Waals surface area contributed by atoms with E-state index in [9.17, 15) is 5.11 Å². The Morgan fingerprint density at radius 3 is 2.61 bits per heavy atom. The second-order valence-corrected chi connectivity index (χ2v) is 7.33. The summed E-state index contributed by atoms with van der Waals surface area (Å²) in [4.78, 5) is 0. The van der Waals surface area contributed by atoms with Gasteiger partial charge < -0.3 is 5.11 Å². The predicted molar refractivity (Wildman–Crippen MR) is 100 cm³/mol. The van der Waals surface area contributed by atoms with E-state index >= 15 is 0 Å². The van der Waals surface area contributed by atoms with E-state index in [0.717, 1.165) is 24.8 Å². The molecule has 1 aromatic carbocycles. The average Bonchev–Trinajstić information content (AvgIpc) is 2.46. The zero-order chi connectivity index (χ0) is 17.0. The fourth-order valence-corrected chi connectivity index (χ4v) is 3.92. The Hall–Kier alpha value is -1.50. The molecule has 0 saturated heterocycles. The highest BCUT2D eigenvalue weighted by Crippen LogP contribution is 2.44. The first-order chi connectivity index (χ1) is 10.9. The van der Waals surface area contributed by atoms with E-state index in [2.05, 4.69) is 46.4 Å². The number of aryl methyl sites for hydroxylation is 2. The molecule has 0 spiro atoms. The van der Waals surface area contributed by atoms with Gasteiger partial charge in [0.05, 0.1) is 0 Å². The third kappa shape index (κ3) is 4.28. The van der Waals surface area contributed by atoms with Gasteiger partial charge in [0.25, 0.3) is 0 Å². The number of rotatable bonds is 6. The van der Waals surface area contributed by atoms with Crippen molar-refractivity contribution >= 4 is 0 Å². The minimum atomic E-state index is 0.269. The lowest BCUT2D eigenvalue weighted by Crippen LogP contribution is -2.18. The lowest BCUT2D eigenvalue weighted by Gasteiger charge is -2.32. The first kappa shape index (κ1) is 17.8. The van der Waals surface area contributed by atoms with Crippen LogP contribution in [0.5, 0.6) is 5.75 Å². The van der Waals surface area contributed by atoms with Crippen LogP contribution in [-0.4, -0.2) is 5.11 Å². The van der Waals surface area contributed by atoms with Crippen molar-refractivity contribution in [3.05, 3.63) is 52.6 Å². The van der Waals surface area contributed by atoms with Gasteiger partial charge in [0, 0.05) is 11.5 Å². The van der Waals surface area contributed by atoms with Crippen molar-refractivity contribution in [2.45, 2.75) is 72.1 Å². The van der Waals surface area contributed by atoms with Gasteiger partial charge in [-0.2, -0.15) is 0 Å². The van der Waals surface area contributed by atoms with Crippen molar-refractivity contribution in [3.8, 4) is 5.75 Å². The molecule has 0 aromatic heterocycles. The van der Waals surface area contributed by atoms with Gasteiger partial charge in [-0.15, -0.1) is 0 Å².